The zero-order valence-corrected chi connectivity index (χ0v) is 18.0. The molecule has 1 amide bonds. The first-order chi connectivity index (χ1) is 14.8. The van der Waals surface area contributed by atoms with Crippen LogP contribution in [-0.2, 0) is 24.2 Å². The molecule has 3 aromatic rings. The van der Waals surface area contributed by atoms with Crippen molar-refractivity contribution in [1.29, 1.82) is 0 Å². The summed E-state index contributed by atoms with van der Waals surface area (Å²) in [4.78, 5) is 23.0. The average Bonchev–Trinajstić information content (AvgIpc) is 3.26. The summed E-state index contributed by atoms with van der Waals surface area (Å²) in [7, 11) is 0. The lowest BCUT2D eigenvalue weighted by Gasteiger charge is -2.34. The van der Waals surface area contributed by atoms with Crippen LogP contribution in [0.25, 0.3) is 10.9 Å². The third-order valence-corrected chi connectivity index (χ3v) is 7.25. The SMILES string of the molecule is O=C(CSc1ccc2c(c1)CCC2)N1CCN(Cc2cccc3cccnc23)CC1. The highest BCUT2D eigenvalue weighted by molar-refractivity contribution is 8.00. The fourth-order valence-corrected chi connectivity index (χ4v) is 5.43. The maximum Gasteiger partial charge on any atom is 0.233 e. The molecular weight excluding hydrogens is 390 g/mol. The van der Waals surface area contributed by atoms with Crippen molar-refractivity contribution in [2.45, 2.75) is 30.7 Å². The Morgan fingerprint density at radius 2 is 1.80 bits per heavy atom. The van der Waals surface area contributed by atoms with Crippen molar-refractivity contribution in [3.05, 3.63) is 71.4 Å². The first kappa shape index (κ1) is 19.6. The summed E-state index contributed by atoms with van der Waals surface area (Å²) in [5.74, 6) is 0.790. The number of piperazine rings is 1. The minimum Gasteiger partial charge on any atom is -0.339 e. The van der Waals surface area contributed by atoms with Crippen molar-refractivity contribution in [3.8, 4) is 0 Å². The average molecular weight is 418 g/mol. The van der Waals surface area contributed by atoms with E-state index in [0.29, 0.717) is 5.75 Å². The second-order valence-corrected chi connectivity index (χ2v) is 9.27. The van der Waals surface area contributed by atoms with Gasteiger partial charge in [0.1, 0.15) is 0 Å². The van der Waals surface area contributed by atoms with Gasteiger partial charge in [-0.05, 0) is 54.2 Å². The number of para-hydroxylation sites is 1. The van der Waals surface area contributed by atoms with E-state index in [-0.39, 0.29) is 5.91 Å². The molecule has 1 aliphatic carbocycles. The monoisotopic (exact) mass is 417 g/mol. The van der Waals surface area contributed by atoms with E-state index in [4.69, 9.17) is 0 Å². The molecule has 1 aromatic heterocycles. The number of hydrogen-bond donors (Lipinski definition) is 0. The number of carbonyl (C=O) groups excluding carboxylic acids is 1. The number of aryl methyl sites for hydroxylation is 2. The smallest absolute Gasteiger partial charge is 0.233 e. The number of benzene rings is 2. The van der Waals surface area contributed by atoms with Crippen LogP contribution in [0, 0.1) is 0 Å². The van der Waals surface area contributed by atoms with Gasteiger partial charge in [0.25, 0.3) is 0 Å². The molecule has 5 heteroatoms. The maximum atomic E-state index is 12.7. The van der Waals surface area contributed by atoms with Crippen LogP contribution < -0.4 is 0 Å². The molecule has 2 aliphatic rings. The van der Waals surface area contributed by atoms with Gasteiger partial charge in [-0.15, -0.1) is 11.8 Å². The number of aromatic nitrogens is 1. The van der Waals surface area contributed by atoms with Gasteiger partial charge < -0.3 is 4.90 Å². The van der Waals surface area contributed by atoms with Crippen molar-refractivity contribution < 1.29 is 4.79 Å². The predicted octanol–water partition coefficient (Wildman–Crippen LogP) is 4.16. The van der Waals surface area contributed by atoms with Gasteiger partial charge in [-0.25, -0.2) is 0 Å². The van der Waals surface area contributed by atoms with Crippen LogP contribution >= 0.6 is 11.8 Å². The Balaban J connectivity index is 1.13. The molecule has 0 spiro atoms. The van der Waals surface area contributed by atoms with Crippen LogP contribution in [0.3, 0.4) is 0 Å². The molecule has 5 rings (SSSR count). The Kier molecular flexibility index (Phi) is 5.73. The number of fused-ring (bicyclic) bond motifs is 2. The van der Waals surface area contributed by atoms with Crippen LogP contribution in [-0.4, -0.2) is 52.6 Å². The van der Waals surface area contributed by atoms with E-state index < -0.39 is 0 Å². The van der Waals surface area contributed by atoms with Crippen LogP contribution in [0.15, 0.2) is 59.6 Å². The number of carbonyl (C=O) groups is 1. The molecule has 2 heterocycles. The Morgan fingerprint density at radius 3 is 2.70 bits per heavy atom. The van der Waals surface area contributed by atoms with Crippen molar-refractivity contribution in [3.63, 3.8) is 0 Å². The molecule has 0 atom stereocenters. The van der Waals surface area contributed by atoms with Gasteiger partial charge in [0.05, 0.1) is 11.3 Å². The van der Waals surface area contributed by atoms with Crippen molar-refractivity contribution in [1.82, 2.24) is 14.8 Å². The van der Waals surface area contributed by atoms with Gasteiger partial charge >= 0.3 is 0 Å². The molecule has 1 aliphatic heterocycles. The Bertz CT molecular complexity index is 1050. The standard InChI is InChI=1S/C25H27N3OS/c29-24(18-30-23-10-9-19-4-1-6-21(19)16-23)28-14-12-27(13-15-28)17-22-7-2-5-20-8-3-11-26-25(20)22/h2-3,5,7-11,16H,1,4,6,12-15,17-18H2. The minimum atomic E-state index is 0.256. The zero-order valence-electron chi connectivity index (χ0n) is 17.2. The summed E-state index contributed by atoms with van der Waals surface area (Å²) in [6.45, 7) is 4.33. The molecule has 30 heavy (non-hydrogen) atoms. The highest BCUT2D eigenvalue weighted by Crippen LogP contribution is 2.28. The van der Waals surface area contributed by atoms with Gasteiger partial charge in [0.15, 0.2) is 0 Å². The summed E-state index contributed by atoms with van der Waals surface area (Å²) in [6, 6.07) is 17.2. The highest BCUT2D eigenvalue weighted by Gasteiger charge is 2.22. The summed E-state index contributed by atoms with van der Waals surface area (Å²) in [5, 5.41) is 1.19. The Labute approximate surface area is 182 Å². The quantitative estimate of drug-likeness (QED) is 0.584. The fraction of sp³-hybridized carbons (Fsp3) is 0.360. The van der Waals surface area contributed by atoms with Crippen LogP contribution in [0.1, 0.15) is 23.1 Å². The van der Waals surface area contributed by atoms with Crippen LogP contribution in [0.4, 0.5) is 0 Å². The van der Waals surface area contributed by atoms with Crippen LogP contribution in [0.2, 0.25) is 0 Å². The lowest BCUT2D eigenvalue weighted by molar-refractivity contribution is -0.130. The normalized spacial score (nSPS) is 16.7. The molecule has 0 saturated carbocycles. The van der Waals surface area contributed by atoms with Gasteiger partial charge in [-0.1, -0.05) is 30.3 Å². The second kappa shape index (κ2) is 8.78. The molecule has 0 radical (unpaired) electrons. The topological polar surface area (TPSA) is 36.4 Å². The summed E-state index contributed by atoms with van der Waals surface area (Å²) < 4.78 is 0. The Hall–Kier alpha value is -2.37. The number of amides is 1. The molecule has 154 valence electrons. The molecule has 1 fully saturated rings. The molecule has 0 bridgehead atoms. The molecule has 4 nitrogen and oxygen atoms in total. The van der Waals surface area contributed by atoms with E-state index in [2.05, 4.69) is 52.3 Å². The third-order valence-electron chi connectivity index (χ3n) is 6.27. The minimum absolute atomic E-state index is 0.256. The number of thioether (sulfide) groups is 1. The lowest BCUT2D eigenvalue weighted by Crippen LogP contribution is -2.48. The first-order valence-corrected chi connectivity index (χ1v) is 11.8. The molecular formula is C25H27N3OS. The van der Waals surface area contributed by atoms with Crippen LogP contribution in [0.5, 0.6) is 0 Å². The fourth-order valence-electron chi connectivity index (χ4n) is 4.57. The molecule has 0 N–H and O–H groups in total. The van der Waals surface area contributed by atoms with E-state index in [1.807, 2.05) is 17.2 Å². The summed E-state index contributed by atoms with van der Waals surface area (Å²) in [6.07, 6.45) is 5.52. The third kappa shape index (κ3) is 4.23. The van der Waals surface area contributed by atoms with Gasteiger partial charge in [-0.2, -0.15) is 0 Å². The van der Waals surface area contributed by atoms with Gasteiger partial charge in [0.2, 0.25) is 5.91 Å². The maximum absolute atomic E-state index is 12.7. The van der Waals surface area contributed by atoms with E-state index in [1.54, 1.807) is 11.8 Å². The summed E-state index contributed by atoms with van der Waals surface area (Å²) in [5.41, 5.74) is 5.32. The van der Waals surface area contributed by atoms with E-state index in [0.717, 1.165) is 38.2 Å². The van der Waals surface area contributed by atoms with Crippen molar-refractivity contribution >= 4 is 28.6 Å². The molecule has 2 aromatic carbocycles. The number of rotatable bonds is 5. The van der Waals surface area contributed by atoms with Gasteiger partial charge in [-0.3, -0.25) is 14.7 Å². The number of nitrogens with zero attached hydrogens (tertiary/aromatic N) is 3. The van der Waals surface area contributed by atoms with E-state index >= 15 is 0 Å². The zero-order chi connectivity index (χ0) is 20.3. The molecule has 1 saturated heterocycles. The largest absolute Gasteiger partial charge is 0.339 e. The highest BCUT2D eigenvalue weighted by atomic mass is 32.2. The van der Waals surface area contributed by atoms with Crippen molar-refractivity contribution in [2.75, 3.05) is 31.9 Å². The van der Waals surface area contributed by atoms with Crippen molar-refractivity contribution in [2.24, 2.45) is 0 Å². The van der Waals surface area contributed by atoms with E-state index in [1.165, 1.54) is 46.2 Å². The lowest BCUT2D eigenvalue weighted by atomic mass is 10.1. The number of hydrogen-bond acceptors (Lipinski definition) is 4. The number of pyridine rings is 1. The second-order valence-electron chi connectivity index (χ2n) is 8.22. The summed E-state index contributed by atoms with van der Waals surface area (Å²) >= 11 is 1.68. The van der Waals surface area contributed by atoms with Gasteiger partial charge in [0, 0.05) is 49.2 Å². The predicted molar refractivity (Wildman–Crippen MR) is 123 cm³/mol. The Morgan fingerprint density at radius 1 is 0.967 bits per heavy atom. The van der Waals surface area contributed by atoms with E-state index in [9.17, 15) is 4.79 Å². The molecule has 0 unspecified atom stereocenters. The first-order valence-electron chi connectivity index (χ1n) is 10.8.